The predicted octanol–water partition coefficient (Wildman–Crippen LogP) is 2.84. The molecule has 1 aliphatic heterocycles. The Hall–Kier alpha value is -2.66. The number of aromatic nitrogens is 4. The summed E-state index contributed by atoms with van der Waals surface area (Å²) in [5.41, 5.74) is 2.35. The molecule has 0 aromatic carbocycles. The standard InChI is InChI=1S/C21H20BrN7O2S/c1-20(12-2-3-12)19(23)29-21(9-32(20,30)31)6-11-7-24-16(5-14(11)21)28-18-17-15(26-10-27-18)4-13(22)8-25-17/h4-5,7-8,10,12H,2-3,6,9H2,1H3,(H2,23,29)(H,24,26,27,28)/t20-,21-/m0/s1. The molecule has 9 nitrogen and oxygen atoms in total. The van der Waals surface area contributed by atoms with Crippen molar-refractivity contribution >= 4 is 54.3 Å². The van der Waals surface area contributed by atoms with Crippen molar-refractivity contribution in [2.45, 2.75) is 36.5 Å². The van der Waals surface area contributed by atoms with Crippen molar-refractivity contribution in [3.05, 3.63) is 46.5 Å². The molecule has 3 aromatic heterocycles. The maximum atomic E-state index is 13.3. The molecule has 2 atom stereocenters. The summed E-state index contributed by atoms with van der Waals surface area (Å²) < 4.78 is 26.4. The highest BCUT2D eigenvalue weighted by molar-refractivity contribution is 9.10. The van der Waals surface area contributed by atoms with E-state index in [0.29, 0.717) is 29.1 Å². The predicted molar refractivity (Wildman–Crippen MR) is 124 cm³/mol. The SMILES string of the molecule is C[C@]1(C2CC2)C(=N)N[C@@]2(Cc3cnc(Nc4ncnc5cc(Br)cnc45)cc32)CS1(=O)=O. The Balaban J connectivity index is 1.35. The van der Waals surface area contributed by atoms with Gasteiger partial charge in [-0.15, -0.1) is 0 Å². The molecule has 3 aliphatic rings. The Bertz CT molecular complexity index is 1420. The highest BCUT2D eigenvalue weighted by atomic mass is 79.9. The molecule has 0 radical (unpaired) electrons. The lowest BCUT2D eigenvalue weighted by molar-refractivity contribution is 0.349. The fraction of sp³-hybridized carbons (Fsp3) is 0.381. The van der Waals surface area contributed by atoms with Crippen LogP contribution in [-0.4, -0.2) is 44.7 Å². The van der Waals surface area contributed by atoms with Crippen molar-refractivity contribution in [1.82, 2.24) is 25.3 Å². The highest BCUT2D eigenvalue weighted by Gasteiger charge is 2.62. The van der Waals surface area contributed by atoms with Crippen LogP contribution in [0.5, 0.6) is 0 Å². The number of pyridine rings is 2. The minimum Gasteiger partial charge on any atom is -0.362 e. The molecule has 2 fully saturated rings. The number of rotatable bonds is 3. The lowest BCUT2D eigenvalue weighted by Gasteiger charge is -2.52. The van der Waals surface area contributed by atoms with E-state index in [4.69, 9.17) is 5.41 Å². The topological polar surface area (TPSA) is 134 Å². The summed E-state index contributed by atoms with van der Waals surface area (Å²) in [7, 11) is -3.49. The molecule has 4 heterocycles. The Kier molecular flexibility index (Phi) is 4.02. The average molecular weight is 514 g/mol. The van der Waals surface area contributed by atoms with Crippen LogP contribution >= 0.6 is 15.9 Å². The second-order valence-electron chi connectivity index (χ2n) is 8.99. The summed E-state index contributed by atoms with van der Waals surface area (Å²) in [6.45, 7) is 1.70. The molecule has 3 aromatic rings. The van der Waals surface area contributed by atoms with Gasteiger partial charge in [0.05, 0.1) is 16.8 Å². The molecule has 164 valence electrons. The van der Waals surface area contributed by atoms with E-state index in [2.05, 4.69) is 46.5 Å². The van der Waals surface area contributed by atoms with Crippen LogP contribution in [0.4, 0.5) is 11.6 Å². The maximum absolute atomic E-state index is 13.3. The van der Waals surface area contributed by atoms with E-state index in [0.717, 1.165) is 28.4 Å². The second kappa shape index (κ2) is 6.44. The zero-order valence-corrected chi connectivity index (χ0v) is 19.6. The van der Waals surface area contributed by atoms with Gasteiger partial charge < -0.3 is 10.6 Å². The number of nitrogens with one attached hydrogen (secondary N) is 3. The fourth-order valence-electron chi connectivity index (χ4n) is 4.95. The Morgan fingerprint density at radius 3 is 2.75 bits per heavy atom. The van der Waals surface area contributed by atoms with Crippen LogP contribution in [0.25, 0.3) is 11.0 Å². The molecule has 1 saturated heterocycles. The summed E-state index contributed by atoms with van der Waals surface area (Å²) >= 11 is 3.40. The molecule has 11 heteroatoms. The Labute approximate surface area is 193 Å². The summed E-state index contributed by atoms with van der Waals surface area (Å²) in [5.74, 6) is 1.19. The third-order valence-corrected chi connectivity index (χ3v) is 10.1. The average Bonchev–Trinajstić information content (AvgIpc) is 3.58. The zero-order chi connectivity index (χ0) is 22.3. The van der Waals surface area contributed by atoms with Crippen molar-refractivity contribution in [2.75, 3.05) is 11.1 Å². The Morgan fingerprint density at radius 1 is 1.19 bits per heavy atom. The first-order valence-corrected chi connectivity index (χ1v) is 12.8. The van der Waals surface area contributed by atoms with E-state index in [1.807, 2.05) is 12.1 Å². The third-order valence-electron chi connectivity index (χ3n) is 6.98. The second-order valence-corrected chi connectivity index (χ2v) is 12.3. The summed E-state index contributed by atoms with van der Waals surface area (Å²) in [6.07, 6.45) is 7.14. The first-order chi connectivity index (χ1) is 15.2. The van der Waals surface area contributed by atoms with Gasteiger partial charge in [-0.1, -0.05) is 0 Å². The number of hydrogen-bond donors (Lipinski definition) is 3. The highest BCUT2D eigenvalue weighted by Crippen LogP contribution is 2.51. The van der Waals surface area contributed by atoms with Crippen molar-refractivity contribution in [2.24, 2.45) is 5.92 Å². The van der Waals surface area contributed by atoms with Crippen molar-refractivity contribution < 1.29 is 8.42 Å². The summed E-state index contributed by atoms with van der Waals surface area (Å²) in [5, 5.41) is 15.1. The van der Waals surface area contributed by atoms with Gasteiger partial charge in [-0.05, 0) is 64.9 Å². The molecular weight excluding hydrogens is 494 g/mol. The van der Waals surface area contributed by atoms with E-state index in [1.165, 1.54) is 6.33 Å². The van der Waals surface area contributed by atoms with Crippen LogP contribution in [0.3, 0.4) is 0 Å². The number of sulfone groups is 1. The third kappa shape index (κ3) is 2.73. The van der Waals surface area contributed by atoms with Crippen molar-refractivity contribution in [1.29, 1.82) is 5.41 Å². The van der Waals surface area contributed by atoms with Crippen molar-refractivity contribution in [3.63, 3.8) is 0 Å². The largest absolute Gasteiger partial charge is 0.362 e. The molecule has 32 heavy (non-hydrogen) atoms. The first-order valence-electron chi connectivity index (χ1n) is 10.3. The monoisotopic (exact) mass is 513 g/mol. The van der Waals surface area contributed by atoms with Gasteiger partial charge in [0, 0.05) is 23.3 Å². The van der Waals surface area contributed by atoms with Crippen LogP contribution in [-0.2, 0) is 21.8 Å². The summed E-state index contributed by atoms with van der Waals surface area (Å²) in [6, 6.07) is 3.70. The maximum Gasteiger partial charge on any atom is 0.165 e. The van der Waals surface area contributed by atoms with E-state index in [-0.39, 0.29) is 17.5 Å². The molecule has 3 N–H and O–H groups in total. The van der Waals surface area contributed by atoms with Gasteiger partial charge in [-0.2, -0.15) is 0 Å². The van der Waals surface area contributed by atoms with Gasteiger partial charge in [0.1, 0.15) is 28.2 Å². The number of halogens is 1. The van der Waals surface area contributed by atoms with Gasteiger partial charge in [-0.3, -0.25) is 5.41 Å². The van der Waals surface area contributed by atoms with Crippen LogP contribution in [0, 0.1) is 11.3 Å². The van der Waals surface area contributed by atoms with E-state index in [9.17, 15) is 8.42 Å². The quantitative estimate of drug-likeness (QED) is 0.486. The van der Waals surface area contributed by atoms with Gasteiger partial charge in [0.15, 0.2) is 15.7 Å². The molecule has 0 bridgehead atoms. The molecule has 1 saturated carbocycles. The smallest absolute Gasteiger partial charge is 0.165 e. The number of hydrogen-bond acceptors (Lipinski definition) is 8. The molecule has 6 rings (SSSR count). The minimum absolute atomic E-state index is 0.0160. The van der Waals surface area contributed by atoms with E-state index < -0.39 is 20.1 Å². The Morgan fingerprint density at radius 2 is 2.00 bits per heavy atom. The molecule has 2 aliphatic carbocycles. The molecule has 1 spiro atoms. The molecule has 0 amide bonds. The van der Waals surface area contributed by atoms with Crippen LogP contribution < -0.4 is 10.6 Å². The van der Waals surface area contributed by atoms with Crippen LogP contribution in [0.15, 0.2) is 35.3 Å². The van der Waals surface area contributed by atoms with E-state index >= 15 is 0 Å². The molecule has 0 unspecified atom stereocenters. The minimum atomic E-state index is -3.49. The molecular formula is C21H20BrN7O2S. The zero-order valence-electron chi connectivity index (χ0n) is 17.2. The van der Waals surface area contributed by atoms with Gasteiger partial charge in [-0.25, -0.2) is 28.4 Å². The normalized spacial score (nSPS) is 28.1. The van der Waals surface area contributed by atoms with Gasteiger partial charge in [0.2, 0.25) is 0 Å². The fourth-order valence-corrected chi connectivity index (χ4v) is 7.65. The lowest BCUT2D eigenvalue weighted by Crippen LogP contribution is -2.70. The number of anilines is 2. The van der Waals surface area contributed by atoms with Crippen LogP contribution in [0.1, 0.15) is 30.9 Å². The lowest BCUT2D eigenvalue weighted by atomic mass is 9.72. The van der Waals surface area contributed by atoms with Gasteiger partial charge >= 0.3 is 0 Å². The first kappa shape index (κ1) is 20.0. The number of fused-ring (bicyclic) bond motifs is 3. The van der Waals surface area contributed by atoms with E-state index in [1.54, 1.807) is 19.3 Å². The van der Waals surface area contributed by atoms with Crippen molar-refractivity contribution in [3.8, 4) is 0 Å². The van der Waals surface area contributed by atoms with Gasteiger partial charge in [0.25, 0.3) is 0 Å². The number of nitrogens with zero attached hydrogens (tertiary/aromatic N) is 4. The number of amidine groups is 1. The van der Waals surface area contributed by atoms with Crippen LogP contribution in [0.2, 0.25) is 0 Å². The summed E-state index contributed by atoms with van der Waals surface area (Å²) in [4.78, 5) is 17.4.